The molecule has 0 fully saturated rings. The van der Waals surface area contributed by atoms with Crippen LogP contribution in [0.3, 0.4) is 0 Å². The number of nitrogens with zero attached hydrogens (tertiary/aromatic N) is 2. The zero-order valence-corrected chi connectivity index (χ0v) is 13.4. The van der Waals surface area contributed by atoms with Gasteiger partial charge in [0.1, 0.15) is 0 Å². The molecule has 116 valence electrons. The van der Waals surface area contributed by atoms with Crippen LogP contribution in [0.1, 0.15) is 23.6 Å². The van der Waals surface area contributed by atoms with Crippen LogP contribution in [0.2, 0.25) is 0 Å². The van der Waals surface area contributed by atoms with Gasteiger partial charge in [-0.3, -0.25) is 4.68 Å². The van der Waals surface area contributed by atoms with Gasteiger partial charge in [0, 0.05) is 30.4 Å². The number of thioether (sulfide) groups is 1. The fourth-order valence-corrected chi connectivity index (χ4v) is 3.75. The second-order valence-corrected chi connectivity index (χ2v) is 6.54. The van der Waals surface area contributed by atoms with Gasteiger partial charge >= 0.3 is 6.03 Å². The molecule has 0 unspecified atom stereocenters. The summed E-state index contributed by atoms with van der Waals surface area (Å²) < 4.78 is 1.77. The highest BCUT2D eigenvalue weighted by Crippen LogP contribution is 2.35. The molecule has 22 heavy (non-hydrogen) atoms. The van der Waals surface area contributed by atoms with Gasteiger partial charge < -0.3 is 10.6 Å². The van der Waals surface area contributed by atoms with Gasteiger partial charge in [-0.2, -0.15) is 5.10 Å². The van der Waals surface area contributed by atoms with Crippen molar-refractivity contribution in [3.8, 4) is 0 Å². The van der Waals surface area contributed by atoms with Crippen LogP contribution in [0.15, 0.2) is 41.6 Å². The molecule has 1 atom stereocenters. The smallest absolute Gasteiger partial charge is 0.315 e. The average Bonchev–Trinajstić information content (AvgIpc) is 2.93. The normalized spacial score (nSPS) is 16.9. The van der Waals surface area contributed by atoms with E-state index in [0.29, 0.717) is 6.54 Å². The van der Waals surface area contributed by atoms with E-state index in [2.05, 4.69) is 27.9 Å². The van der Waals surface area contributed by atoms with Crippen LogP contribution in [0.25, 0.3) is 0 Å². The van der Waals surface area contributed by atoms with Crippen molar-refractivity contribution in [3.63, 3.8) is 0 Å². The highest BCUT2D eigenvalue weighted by atomic mass is 32.2. The first-order valence-electron chi connectivity index (χ1n) is 7.46. The van der Waals surface area contributed by atoms with Crippen molar-refractivity contribution < 1.29 is 4.79 Å². The highest BCUT2D eigenvalue weighted by molar-refractivity contribution is 7.99. The number of nitrogens with one attached hydrogen (secondary N) is 2. The molecule has 3 rings (SSSR count). The van der Waals surface area contributed by atoms with Gasteiger partial charge in [-0.15, -0.1) is 11.8 Å². The van der Waals surface area contributed by atoms with E-state index in [1.165, 1.54) is 10.5 Å². The number of urea groups is 1. The number of fused-ring (bicyclic) bond motifs is 1. The standard InChI is InChI=1S/C16H20N4OS/c1-20-11-12(10-18-20)6-8-17-16(21)19-14-7-9-22-15-5-3-2-4-13(14)15/h2-5,10-11,14H,6-9H2,1H3,(H2,17,19,21)/t14-/m1/s1. The molecule has 1 aromatic carbocycles. The van der Waals surface area contributed by atoms with E-state index in [-0.39, 0.29) is 12.1 Å². The van der Waals surface area contributed by atoms with E-state index >= 15 is 0 Å². The molecule has 2 N–H and O–H groups in total. The summed E-state index contributed by atoms with van der Waals surface area (Å²) in [6.07, 6.45) is 5.55. The van der Waals surface area contributed by atoms with E-state index in [4.69, 9.17) is 0 Å². The monoisotopic (exact) mass is 316 g/mol. The van der Waals surface area contributed by atoms with Crippen LogP contribution in [0, 0.1) is 0 Å². The molecule has 1 aliphatic heterocycles. The SMILES string of the molecule is Cn1cc(CCNC(=O)N[C@@H]2CCSc3ccccc32)cn1. The number of aromatic nitrogens is 2. The number of hydrogen-bond donors (Lipinski definition) is 2. The van der Waals surface area contributed by atoms with Crippen LogP contribution in [0.5, 0.6) is 0 Å². The van der Waals surface area contributed by atoms with Crippen molar-refractivity contribution in [2.75, 3.05) is 12.3 Å². The van der Waals surface area contributed by atoms with E-state index in [0.717, 1.165) is 24.2 Å². The number of hydrogen-bond acceptors (Lipinski definition) is 3. The molecule has 0 aliphatic carbocycles. The molecule has 0 radical (unpaired) electrons. The maximum Gasteiger partial charge on any atom is 0.315 e. The summed E-state index contributed by atoms with van der Waals surface area (Å²) in [5, 5.41) is 10.1. The van der Waals surface area contributed by atoms with E-state index in [1.54, 1.807) is 4.68 Å². The zero-order valence-electron chi connectivity index (χ0n) is 12.6. The Bertz CT molecular complexity index is 655. The Balaban J connectivity index is 1.50. The van der Waals surface area contributed by atoms with E-state index < -0.39 is 0 Å². The zero-order chi connectivity index (χ0) is 15.4. The number of rotatable bonds is 4. The predicted molar refractivity (Wildman–Crippen MR) is 88.0 cm³/mol. The molecule has 1 aromatic heterocycles. The number of carbonyl (C=O) groups excluding carboxylic acids is 1. The van der Waals surface area contributed by atoms with Crippen LogP contribution in [-0.2, 0) is 13.5 Å². The van der Waals surface area contributed by atoms with Crippen molar-refractivity contribution in [2.24, 2.45) is 7.05 Å². The second-order valence-electron chi connectivity index (χ2n) is 5.40. The van der Waals surface area contributed by atoms with Crippen LogP contribution in [0.4, 0.5) is 4.79 Å². The maximum atomic E-state index is 12.1. The molecule has 2 heterocycles. The maximum absolute atomic E-state index is 12.1. The number of carbonyl (C=O) groups is 1. The lowest BCUT2D eigenvalue weighted by Crippen LogP contribution is -2.39. The van der Waals surface area contributed by atoms with Gasteiger partial charge in [0.25, 0.3) is 0 Å². The third-order valence-electron chi connectivity index (χ3n) is 3.72. The molecular formula is C16H20N4OS. The highest BCUT2D eigenvalue weighted by Gasteiger charge is 2.21. The summed E-state index contributed by atoms with van der Waals surface area (Å²) >= 11 is 1.86. The van der Waals surface area contributed by atoms with Crippen molar-refractivity contribution in [1.82, 2.24) is 20.4 Å². The molecule has 6 heteroatoms. The quantitative estimate of drug-likeness (QED) is 0.911. The molecule has 0 saturated carbocycles. The topological polar surface area (TPSA) is 59.0 Å². The predicted octanol–water partition coefficient (Wildman–Crippen LogP) is 2.50. The molecular weight excluding hydrogens is 296 g/mol. The van der Waals surface area contributed by atoms with Gasteiger partial charge in [-0.25, -0.2) is 4.79 Å². The molecule has 1 aliphatic rings. The molecule has 0 bridgehead atoms. The summed E-state index contributed by atoms with van der Waals surface area (Å²) in [4.78, 5) is 13.3. The van der Waals surface area contributed by atoms with Gasteiger partial charge in [-0.05, 0) is 30.0 Å². The lowest BCUT2D eigenvalue weighted by Gasteiger charge is -2.25. The molecule has 2 aromatic rings. The Morgan fingerprint density at radius 1 is 1.45 bits per heavy atom. The lowest BCUT2D eigenvalue weighted by atomic mass is 10.0. The Kier molecular flexibility index (Phi) is 4.68. The minimum Gasteiger partial charge on any atom is -0.338 e. The van der Waals surface area contributed by atoms with Gasteiger partial charge in [0.2, 0.25) is 0 Å². The van der Waals surface area contributed by atoms with Crippen molar-refractivity contribution in [1.29, 1.82) is 0 Å². The van der Waals surface area contributed by atoms with Crippen molar-refractivity contribution >= 4 is 17.8 Å². The van der Waals surface area contributed by atoms with Crippen molar-refractivity contribution in [3.05, 3.63) is 47.8 Å². The average molecular weight is 316 g/mol. The summed E-state index contributed by atoms with van der Waals surface area (Å²) in [6.45, 7) is 0.612. The fraction of sp³-hybridized carbons (Fsp3) is 0.375. The Morgan fingerprint density at radius 2 is 2.32 bits per heavy atom. The lowest BCUT2D eigenvalue weighted by molar-refractivity contribution is 0.236. The van der Waals surface area contributed by atoms with Crippen molar-refractivity contribution in [2.45, 2.75) is 23.8 Å². The van der Waals surface area contributed by atoms with Crippen LogP contribution >= 0.6 is 11.8 Å². The fourth-order valence-electron chi connectivity index (χ4n) is 2.62. The summed E-state index contributed by atoms with van der Waals surface area (Å²) in [5.41, 5.74) is 2.35. The minimum absolute atomic E-state index is 0.101. The Labute approximate surface area is 134 Å². The number of benzene rings is 1. The third-order valence-corrected chi connectivity index (χ3v) is 4.84. The van der Waals surface area contributed by atoms with Gasteiger partial charge in [0.05, 0.1) is 12.2 Å². The van der Waals surface area contributed by atoms with Gasteiger partial charge in [0.15, 0.2) is 0 Å². The first kappa shape index (κ1) is 15.0. The Morgan fingerprint density at radius 3 is 3.14 bits per heavy atom. The van der Waals surface area contributed by atoms with Crippen LogP contribution in [-0.4, -0.2) is 28.1 Å². The summed E-state index contributed by atoms with van der Waals surface area (Å²) in [6, 6.07) is 8.30. The molecule has 2 amide bonds. The van der Waals surface area contributed by atoms with Gasteiger partial charge in [-0.1, -0.05) is 18.2 Å². The summed E-state index contributed by atoms with van der Waals surface area (Å²) in [5.74, 6) is 1.04. The Hall–Kier alpha value is -1.95. The number of amides is 2. The minimum atomic E-state index is -0.101. The summed E-state index contributed by atoms with van der Waals surface area (Å²) in [7, 11) is 1.89. The molecule has 0 saturated heterocycles. The number of aryl methyl sites for hydroxylation is 1. The first-order chi connectivity index (χ1) is 10.7. The first-order valence-corrected chi connectivity index (χ1v) is 8.44. The second kappa shape index (κ2) is 6.87. The van der Waals surface area contributed by atoms with E-state index in [1.807, 2.05) is 43.3 Å². The van der Waals surface area contributed by atoms with Crippen LogP contribution < -0.4 is 10.6 Å². The van der Waals surface area contributed by atoms with E-state index in [9.17, 15) is 4.79 Å². The largest absolute Gasteiger partial charge is 0.338 e. The molecule has 5 nitrogen and oxygen atoms in total. The molecule has 0 spiro atoms. The third kappa shape index (κ3) is 3.62.